The molecule has 5 heteroatoms. The standard InChI is InChI=1S/C14H22N4O/c1-9-12(15)16-13(10-5-6-10)17-14(9)18(2)8-11-4-3-7-19-11/h10-11H,3-8H2,1-2H3,(H2,15,16,17). The van der Waals surface area contributed by atoms with Gasteiger partial charge in [0, 0.05) is 31.7 Å². The van der Waals surface area contributed by atoms with Crippen molar-refractivity contribution in [2.24, 2.45) is 0 Å². The fraction of sp³-hybridized carbons (Fsp3) is 0.714. The van der Waals surface area contributed by atoms with E-state index >= 15 is 0 Å². The number of nitrogens with zero attached hydrogens (tertiary/aromatic N) is 3. The number of ether oxygens (including phenoxy) is 1. The van der Waals surface area contributed by atoms with Crippen molar-refractivity contribution in [3.8, 4) is 0 Å². The lowest BCUT2D eigenvalue weighted by atomic mass is 10.2. The molecule has 3 rings (SSSR count). The van der Waals surface area contributed by atoms with Crippen molar-refractivity contribution in [1.82, 2.24) is 9.97 Å². The molecule has 1 unspecified atom stereocenters. The molecule has 2 fully saturated rings. The minimum atomic E-state index is 0.324. The minimum absolute atomic E-state index is 0.324. The van der Waals surface area contributed by atoms with E-state index < -0.39 is 0 Å². The number of anilines is 2. The Bertz CT molecular complexity index is 467. The fourth-order valence-corrected chi connectivity index (χ4v) is 2.62. The van der Waals surface area contributed by atoms with Gasteiger partial charge in [-0.15, -0.1) is 0 Å². The van der Waals surface area contributed by atoms with Crippen molar-refractivity contribution in [3.63, 3.8) is 0 Å². The third-order valence-corrected chi connectivity index (χ3v) is 3.98. The first-order valence-corrected chi connectivity index (χ1v) is 7.12. The van der Waals surface area contributed by atoms with Crippen LogP contribution in [0.5, 0.6) is 0 Å². The lowest BCUT2D eigenvalue weighted by Gasteiger charge is -2.24. The van der Waals surface area contributed by atoms with Gasteiger partial charge in [-0.25, -0.2) is 9.97 Å². The van der Waals surface area contributed by atoms with E-state index in [1.54, 1.807) is 0 Å². The van der Waals surface area contributed by atoms with Crippen LogP contribution in [-0.2, 0) is 4.74 Å². The molecule has 2 heterocycles. The number of nitrogens with two attached hydrogens (primary N) is 1. The lowest BCUT2D eigenvalue weighted by molar-refractivity contribution is 0.116. The molecule has 1 aliphatic heterocycles. The van der Waals surface area contributed by atoms with Gasteiger partial charge < -0.3 is 15.4 Å². The molecule has 2 N–H and O–H groups in total. The van der Waals surface area contributed by atoms with Crippen LogP contribution in [0, 0.1) is 6.92 Å². The van der Waals surface area contributed by atoms with Crippen LogP contribution >= 0.6 is 0 Å². The zero-order chi connectivity index (χ0) is 13.4. The highest BCUT2D eigenvalue weighted by atomic mass is 16.5. The van der Waals surface area contributed by atoms with Gasteiger partial charge in [-0.1, -0.05) is 0 Å². The summed E-state index contributed by atoms with van der Waals surface area (Å²) in [6.07, 6.45) is 5.01. The topological polar surface area (TPSA) is 64.3 Å². The van der Waals surface area contributed by atoms with E-state index in [0.29, 0.717) is 17.8 Å². The van der Waals surface area contributed by atoms with Gasteiger partial charge in [0.2, 0.25) is 0 Å². The molecule has 1 aliphatic carbocycles. The van der Waals surface area contributed by atoms with Gasteiger partial charge in [0.05, 0.1) is 6.10 Å². The van der Waals surface area contributed by atoms with Crippen LogP contribution in [0.2, 0.25) is 0 Å². The predicted octanol–water partition coefficient (Wildman–Crippen LogP) is 1.86. The number of hydrogen-bond donors (Lipinski definition) is 1. The van der Waals surface area contributed by atoms with Gasteiger partial charge >= 0.3 is 0 Å². The summed E-state index contributed by atoms with van der Waals surface area (Å²) in [5.74, 6) is 3.02. The minimum Gasteiger partial charge on any atom is -0.383 e. The number of likely N-dealkylation sites (N-methyl/N-ethyl adjacent to an activating group) is 1. The molecule has 0 bridgehead atoms. The maximum atomic E-state index is 6.02. The van der Waals surface area contributed by atoms with Crippen molar-refractivity contribution in [3.05, 3.63) is 11.4 Å². The lowest BCUT2D eigenvalue weighted by Crippen LogP contribution is -2.30. The Labute approximate surface area is 114 Å². The van der Waals surface area contributed by atoms with Crippen LogP contribution in [0.15, 0.2) is 0 Å². The second-order valence-electron chi connectivity index (χ2n) is 5.71. The normalized spacial score (nSPS) is 22.7. The Kier molecular flexibility index (Phi) is 3.31. The van der Waals surface area contributed by atoms with E-state index in [-0.39, 0.29) is 0 Å². The first-order chi connectivity index (χ1) is 9.15. The summed E-state index contributed by atoms with van der Waals surface area (Å²) in [7, 11) is 2.06. The first-order valence-electron chi connectivity index (χ1n) is 7.12. The summed E-state index contributed by atoms with van der Waals surface area (Å²) in [4.78, 5) is 11.3. The number of rotatable bonds is 4. The molecule has 19 heavy (non-hydrogen) atoms. The van der Waals surface area contributed by atoms with Gasteiger partial charge in [0.1, 0.15) is 17.5 Å². The highest BCUT2D eigenvalue weighted by molar-refractivity contribution is 5.56. The quantitative estimate of drug-likeness (QED) is 0.897. The molecule has 1 aromatic heterocycles. The molecule has 1 saturated heterocycles. The molecule has 1 saturated carbocycles. The third kappa shape index (κ3) is 2.66. The second kappa shape index (κ2) is 4.96. The summed E-state index contributed by atoms with van der Waals surface area (Å²) >= 11 is 0. The zero-order valence-electron chi connectivity index (χ0n) is 11.7. The molecule has 5 nitrogen and oxygen atoms in total. The highest BCUT2D eigenvalue weighted by Crippen LogP contribution is 2.39. The Morgan fingerprint density at radius 1 is 1.32 bits per heavy atom. The van der Waals surface area contributed by atoms with E-state index in [9.17, 15) is 0 Å². The molecule has 0 amide bonds. The Morgan fingerprint density at radius 3 is 2.74 bits per heavy atom. The van der Waals surface area contributed by atoms with Crippen molar-refractivity contribution < 1.29 is 4.74 Å². The maximum Gasteiger partial charge on any atom is 0.137 e. The Hall–Kier alpha value is -1.36. The summed E-state index contributed by atoms with van der Waals surface area (Å²) < 4.78 is 5.69. The average Bonchev–Trinajstić information content (AvgIpc) is 3.11. The second-order valence-corrected chi connectivity index (χ2v) is 5.71. The van der Waals surface area contributed by atoms with Crippen LogP contribution < -0.4 is 10.6 Å². The van der Waals surface area contributed by atoms with E-state index in [1.807, 2.05) is 6.92 Å². The Balaban J connectivity index is 1.81. The molecule has 104 valence electrons. The summed E-state index contributed by atoms with van der Waals surface area (Å²) in [6, 6.07) is 0. The maximum absolute atomic E-state index is 6.02. The van der Waals surface area contributed by atoms with Crippen molar-refractivity contribution in [2.45, 2.75) is 44.6 Å². The van der Waals surface area contributed by atoms with Gasteiger partial charge in [-0.05, 0) is 32.6 Å². The zero-order valence-corrected chi connectivity index (χ0v) is 11.7. The van der Waals surface area contributed by atoms with E-state index in [4.69, 9.17) is 15.5 Å². The number of aromatic nitrogens is 2. The molecule has 0 aromatic carbocycles. The van der Waals surface area contributed by atoms with Crippen LogP contribution in [-0.4, -0.2) is 36.3 Å². The summed E-state index contributed by atoms with van der Waals surface area (Å²) in [5.41, 5.74) is 7.00. The van der Waals surface area contributed by atoms with Crippen molar-refractivity contribution in [2.75, 3.05) is 30.8 Å². The van der Waals surface area contributed by atoms with E-state index in [0.717, 1.165) is 43.2 Å². The van der Waals surface area contributed by atoms with Crippen LogP contribution in [0.1, 0.15) is 43.0 Å². The van der Waals surface area contributed by atoms with Crippen LogP contribution in [0.4, 0.5) is 11.6 Å². The third-order valence-electron chi connectivity index (χ3n) is 3.98. The molecule has 1 atom stereocenters. The van der Waals surface area contributed by atoms with E-state index in [2.05, 4.69) is 16.9 Å². The van der Waals surface area contributed by atoms with Crippen molar-refractivity contribution >= 4 is 11.6 Å². The summed E-state index contributed by atoms with van der Waals surface area (Å²) in [6.45, 7) is 3.76. The van der Waals surface area contributed by atoms with Gasteiger partial charge in [0.15, 0.2) is 0 Å². The average molecular weight is 262 g/mol. The largest absolute Gasteiger partial charge is 0.383 e. The van der Waals surface area contributed by atoms with Gasteiger partial charge in [-0.3, -0.25) is 0 Å². The van der Waals surface area contributed by atoms with E-state index in [1.165, 1.54) is 12.8 Å². The van der Waals surface area contributed by atoms with Crippen molar-refractivity contribution in [1.29, 1.82) is 0 Å². The SMILES string of the molecule is Cc1c(N)nc(C2CC2)nc1N(C)CC1CCCO1. The first kappa shape index (κ1) is 12.7. The monoisotopic (exact) mass is 262 g/mol. The molecule has 2 aliphatic rings. The fourth-order valence-electron chi connectivity index (χ4n) is 2.62. The molecular formula is C14H22N4O. The smallest absolute Gasteiger partial charge is 0.137 e. The molecule has 0 radical (unpaired) electrons. The summed E-state index contributed by atoms with van der Waals surface area (Å²) in [5, 5.41) is 0. The van der Waals surface area contributed by atoms with Crippen LogP contribution in [0.25, 0.3) is 0 Å². The number of nitrogen functional groups attached to an aromatic ring is 1. The van der Waals surface area contributed by atoms with Crippen LogP contribution in [0.3, 0.4) is 0 Å². The molecular weight excluding hydrogens is 240 g/mol. The highest BCUT2D eigenvalue weighted by Gasteiger charge is 2.29. The van der Waals surface area contributed by atoms with Gasteiger partial charge in [0.25, 0.3) is 0 Å². The molecule has 1 aromatic rings. The predicted molar refractivity (Wildman–Crippen MR) is 75.4 cm³/mol. The Morgan fingerprint density at radius 2 is 2.11 bits per heavy atom. The van der Waals surface area contributed by atoms with Gasteiger partial charge in [-0.2, -0.15) is 0 Å². The molecule has 0 spiro atoms. The number of hydrogen-bond acceptors (Lipinski definition) is 5.